The van der Waals surface area contributed by atoms with E-state index < -0.39 is 56.3 Å². The molecule has 1 aromatic rings. The van der Waals surface area contributed by atoms with Crippen LogP contribution in [0.15, 0.2) is 17.0 Å². The third-order valence-corrected chi connectivity index (χ3v) is 7.33. The number of fused-ring (bicyclic) bond motifs is 1. The molecule has 0 spiro atoms. The van der Waals surface area contributed by atoms with Gasteiger partial charge in [0.2, 0.25) is 0 Å². The molecule has 2 aliphatic carbocycles. The minimum absolute atomic E-state index is 0.174. The summed E-state index contributed by atoms with van der Waals surface area (Å²) in [6, 6.07) is 1.69. The molecule has 3 atom stereocenters. The molecule has 0 unspecified atom stereocenters. The Morgan fingerprint density at radius 1 is 1.14 bits per heavy atom. The van der Waals surface area contributed by atoms with Gasteiger partial charge in [-0.2, -0.15) is 13.2 Å². The Labute approximate surface area is 159 Å². The maximum Gasteiger partial charge on any atom is 0.501 e. The van der Waals surface area contributed by atoms with Gasteiger partial charge in [0, 0.05) is 17.9 Å². The van der Waals surface area contributed by atoms with E-state index >= 15 is 0 Å². The summed E-state index contributed by atoms with van der Waals surface area (Å²) in [4.78, 5) is -1.35. The zero-order chi connectivity index (χ0) is 21.3. The van der Waals surface area contributed by atoms with E-state index in [0.717, 1.165) is 6.07 Å². The van der Waals surface area contributed by atoms with Gasteiger partial charge in [0.1, 0.15) is 6.10 Å². The van der Waals surface area contributed by atoms with E-state index in [2.05, 4.69) is 0 Å². The van der Waals surface area contributed by atoms with Crippen molar-refractivity contribution in [3.05, 3.63) is 28.8 Å². The van der Waals surface area contributed by atoms with Crippen LogP contribution in [0.1, 0.15) is 61.8 Å². The number of alkyl halides is 5. The Morgan fingerprint density at radius 2 is 1.75 bits per heavy atom. The lowest BCUT2D eigenvalue weighted by Gasteiger charge is -2.39. The van der Waals surface area contributed by atoms with Gasteiger partial charge >= 0.3 is 5.51 Å². The molecule has 2 N–H and O–H groups in total. The molecule has 3 rings (SSSR count). The van der Waals surface area contributed by atoms with Gasteiger partial charge in [-0.3, -0.25) is 0 Å². The smallest absolute Gasteiger partial charge is 0.392 e. The van der Waals surface area contributed by atoms with Gasteiger partial charge < -0.3 is 10.2 Å². The number of rotatable bonds is 2. The fourth-order valence-electron chi connectivity index (χ4n) is 4.30. The van der Waals surface area contributed by atoms with Crippen molar-refractivity contribution in [3.8, 4) is 0 Å². The normalized spacial score (nSPS) is 29.5. The van der Waals surface area contributed by atoms with E-state index in [4.69, 9.17) is 0 Å². The van der Waals surface area contributed by atoms with Gasteiger partial charge in [-0.25, -0.2) is 17.2 Å². The van der Waals surface area contributed by atoms with Crippen LogP contribution in [0.4, 0.5) is 22.0 Å². The Bertz CT molecular complexity index is 892. The summed E-state index contributed by atoms with van der Waals surface area (Å²) in [6.45, 7) is 3.86. The molecule has 158 valence electrons. The van der Waals surface area contributed by atoms with Crippen LogP contribution >= 0.6 is 0 Å². The Kier molecular flexibility index (Phi) is 4.88. The fraction of sp³-hybridized carbons (Fsp3) is 0.667. The molecule has 0 heterocycles. The van der Waals surface area contributed by atoms with Crippen molar-refractivity contribution in [3.63, 3.8) is 0 Å². The lowest BCUT2D eigenvalue weighted by atomic mass is 9.68. The molecule has 1 fully saturated rings. The summed E-state index contributed by atoms with van der Waals surface area (Å²) >= 11 is 0. The van der Waals surface area contributed by atoms with Crippen molar-refractivity contribution in [2.75, 3.05) is 0 Å². The van der Waals surface area contributed by atoms with Crippen LogP contribution in [-0.4, -0.2) is 36.2 Å². The van der Waals surface area contributed by atoms with Crippen LogP contribution in [0.25, 0.3) is 0 Å². The summed E-state index contributed by atoms with van der Waals surface area (Å²) in [5.41, 5.74) is -6.97. The quantitative estimate of drug-likeness (QED) is 0.702. The molecule has 0 saturated heterocycles. The third-order valence-electron chi connectivity index (χ3n) is 5.79. The summed E-state index contributed by atoms with van der Waals surface area (Å²) in [5, 5.41) is 20.4. The zero-order valence-corrected chi connectivity index (χ0v) is 16.0. The molecule has 0 aromatic heterocycles. The average Bonchev–Trinajstić information content (AvgIpc) is 2.78. The number of aliphatic hydroxyl groups is 2. The second kappa shape index (κ2) is 6.37. The molecule has 1 aromatic carbocycles. The first kappa shape index (κ1) is 21.4. The van der Waals surface area contributed by atoms with Crippen molar-refractivity contribution in [1.29, 1.82) is 0 Å². The highest BCUT2D eigenvalue weighted by molar-refractivity contribution is 7.92. The minimum atomic E-state index is -5.92. The van der Waals surface area contributed by atoms with Crippen molar-refractivity contribution in [2.45, 2.75) is 74.0 Å². The van der Waals surface area contributed by atoms with Crippen molar-refractivity contribution >= 4 is 9.84 Å². The SMILES string of the molecule is CC1(C)CC[C@H](O)[C@@H](c2ccc(S(=O)(=O)C(F)(F)F)c3c2CC(F)(F)[C@H]3O)C1. The number of hydrogen-bond acceptors (Lipinski definition) is 4. The molecule has 10 heteroatoms. The van der Waals surface area contributed by atoms with Crippen LogP contribution in [0.3, 0.4) is 0 Å². The molecule has 0 bridgehead atoms. The maximum absolute atomic E-state index is 14.2. The van der Waals surface area contributed by atoms with Crippen LogP contribution in [0.5, 0.6) is 0 Å². The van der Waals surface area contributed by atoms with Crippen molar-refractivity contribution in [2.24, 2.45) is 5.41 Å². The number of hydrogen-bond donors (Lipinski definition) is 2. The van der Waals surface area contributed by atoms with Gasteiger partial charge in [0.25, 0.3) is 15.8 Å². The van der Waals surface area contributed by atoms with Crippen LogP contribution in [0, 0.1) is 5.41 Å². The minimum Gasteiger partial charge on any atom is -0.392 e. The van der Waals surface area contributed by atoms with Gasteiger partial charge in [0.05, 0.1) is 11.0 Å². The van der Waals surface area contributed by atoms with E-state index in [9.17, 15) is 40.6 Å². The molecule has 0 aliphatic heterocycles. The predicted octanol–water partition coefficient (Wildman–Crippen LogP) is 3.86. The lowest BCUT2D eigenvalue weighted by molar-refractivity contribution is -0.0978. The van der Waals surface area contributed by atoms with E-state index in [1.165, 1.54) is 0 Å². The first-order chi connectivity index (χ1) is 12.6. The van der Waals surface area contributed by atoms with E-state index in [0.29, 0.717) is 25.3 Å². The Hall–Kier alpha value is -1.26. The highest BCUT2D eigenvalue weighted by Gasteiger charge is 2.55. The molecular formula is C18H21F5O4S. The van der Waals surface area contributed by atoms with Gasteiger partial charge in [-0.05, 0) is 41.9 Å². The molecule has 1 saturated carbocycles. The number of aliphatic hydroxyl groups excluding tert-OH is 2. The van der Waals surface area contributed by atoms with Crippen LogP contribution in [-0.2, 0) is 16.3 Å². The largest absolute Gasteiger partial charge is 0.501 e. The monoisotopic (exact) mass is 428 g/mol. The Balaban J connectivity index is 2.23. The topological polar surface area (TPSA) is 74.6 Å². The number of sulfone groups is 1. The standard InChI is InChI=1S/C18H21F5O4S/c1-16(2)6-5-12(24)10(7-16)9-3-4-13(28(26,27)18(21,22)23)14-11(9)8-17(19,20)15(14)25/h3-4,10,12,15,24-25H,5-8H2,1-2H3/t10-,12+,15+/m1/s1. The summed E-state index contributed by atoms with van der Waals surface area (Å²) in [5.74, 6) is -4.44. The second-order valence-corrected chi connectivity index (χ2v) is 10.3. The highest BCUT2D eigenvalue weighted by atomic mass is 32.2. The van der Waals surface area contributed by atoms with E-state index in [1.807, 2.05) is 13.8 Å². The van der Waals surface area contributed by atoms with Gasteiger partial charge in [-0.1, -0.05) is 19.9 Å². The second-order valence-electron chi connectivity index (χ2n) is 8.42. The molecule has 2 aliphatic rings. The van der Waals surface area contributed by atoms with Crippen LogP contribution in [0.2, 0.25) is 0 Å². The summed E-state index contributed by atoms with van der Waals surface area (Å²) < 4.78 is 91.3. The third kappa shape index (κ3) is 3.33. The van der Waals surface area contributed by atoms with Crippen molar-refractivity contribution in [1.82, 2.24) is 0 Å². The van der Waals surface area contributed by atoms with Gasteiger partial charge in [-0.15, -0.1) is 0 Å². The predicted molar refractivity (Wildman–Crippen MR) is 89.7 cm³/mol. The Morgan fingerprint density at radius 3 is 2.32 bits per heavy atom. The number of benzene rings is 1. The molecule has 0 radical (unpaired) electrons. The van der Waals surface area contributed by atoms with Gasteiger partial charge in [0.15, 0.2) is 0 Å². The summed E-state index contributed by atoms with van der Waals surface area (Å²) in [6.07, 6.45) is -3.17. The van der Waals surface area contributed by atoms with Crippen molar-refractivity contribution < 1.29 is 40.6 Å². The molecule has 4 nitrogen and oxygen atoms in total. The fourth-order valence-corrected chi connectivity index (χ4v) is 5.32. The average molecular weight is 428 g/mol. The van der Waals surface area contributed by atoms with E-state index in [-0.39, 0.29) is 16.5 Å². The zero-order valence-electron chi connectivity index (χ0n) is 15.2. The highest BCUT2D eigenvalue weighted by Crippen LogP contribution is 2.52. The maximum atomic E-state index is 14.2. The first-order valence-electron chi connectivity index (χ1n) is 8.79. The van der Waals surface area contributed by atoms with E-state index in [1.54, 1.807) is 0 Å². The number of halogens is 5. The molecule has 28 heavy (non-hydrogen) atoms. The lowest BCUT2D eigenvalue weighted by Crippen LogP contribution is -2.32. The molecular weight excluding hydrogens is 407 g/mol. The van der Waals surface area contributed by atoms with Crippen LogP contribution < -0.4 is 0 Å². The molecule has 0 amide bonds. The summed E-state index contributed by atoms with van der Waals surface area (Å²) in [7, 11) is -5.92. The first-order valence-corrected chi connectivity index (χ1v) is 10.3.